The molecule has 1 aliphatic heterocycles. The highest BCUT2D eigenvalue weighted by Crippen LogP contribution is 2.30. The van der Waals surface area contributed by atoms with Crippen LogP contribution in [0.3, 0.4) is 0 Å². The van der Waals surface area contributed by atoms with E-state index in [1.54, 1.807) is 0 Å². The number of nitrogens with zero attached hydrogens (tertiary/aromatic N) is 2. The molecule has 2 fully saturated rings. The van der Waals surface area contributed by atoms with Gasteiger partial charge in [0.15, 0.2) is 0 Å². The van der Waals surface area contributed by atoms with Gasteiger partial charge in [-0.25, -0.2) is 5.48 Å². The molecule has 2 aliphatic rings. The molecule has 1 aliphatic carbocycles. The number of nitrogens with one attached hydrogen (secondary N) is 2. The molecule has 0 aromatic heterocycles. The Morgan fingerprint density at radius 3 is 2.40 bits per heavy atom. The first-order valence-electron chi connectivity index (χ1n) is 8.66. The molecule has 0 bridgehead atoms. The van der Waals surface area contributed by atoms with Crippen LogP contribution in [0.1, 0.15) is 44.9 Å². The fourth-order valence-corrected chi connectivity index (χ4v) is 3.44. The van der Waals surface area contributed by atoms with Crippen LogP contribution in [0.5, 0.6) is 0 Å². The van der Waals surface area contributed by atoms with E-state index in [4.69, 9.17) is 5.21 Å². The lowest BCUT2D eigenvalue weighted by molar-refractivity contribution is -0.158. The molecule has 0 aromatic carbocycles. The molecule has 0 unspecified atom stereocenters. The molecule has 1 heterocycles. The van der Waals surface area contributed by atoms with Crippen molar-refractivity contribution in [2.75, 3.05) is 26.7 Å². The summed E-state index contributed by atoms with van der Waals surface area (Å²) in [4.78, 5) is 50.6. The van der Waals surface area contributed by atoms with Crippen LogP contribution in [0.25, 0.3) is 0 Å². The van der Waals surface area contributed by atoms with Crippen LogP contribution in [0.2, 0.25) is 0 Å². The summed E-state index contributed by atoms with van der Waals surface area (Å²) in [7, 11) is 1.38. The Hall–Kier alpha value is -2.00. The average Bonchev–Trinajstić information content (AvgIpc) is 2.57. The molecule has 140 valence electrons. The molecular formula is C16H26N4O5. The van der Waals surface area contributed by atoms with E-state index in [0.29, 0.717) is 12.8 Å². The van der Waals surface area contributed by atoms with Gasteiger partial charge in [0.1, 0.15) is 13.1 Å². The standard InChI is InChI=1S/C16H26N4O5/c1-19(10-12(21)18-25)14(23)11-20-13(22)9-17-16(15(20)24)7-5-3-2-4-6-8-16/h17,25H,2-11H2,1H3,(H,18,21). The van der Waals surface area contributed by atoms with Crippen LogP contribution in [0.4, 0.5) is 0 Å². The Kier molecular flexibility index (Phi) is 6.49. The fourth-order valence-electron chi connectivity index (χ4n) is 3.44. The van der Waals surface area contributed by atoms with E-state index in [1.165, 1.54) is 12.5 Å². The van der Waals surface area contributed by atoms with Crippen molar-refractivity contribution in [1.82, 2.24) is 20.6 Å². The van der Waals surface area contributed by atoms with Gasteiger partial charge >= 0.3 is 0 Å². The number of hydrogen-bond acceptors (Lipinski definition) is 6. The van der Waals surface area contributed by atoms with Crippen molar-refractivity contribution in [2.24, 2.45) is 0 Å². The molecule has 9 heteroatoms. The van der Waals surface area contributed by atoms with Gasteiger partial charge in [-0.3, -0.25) is 34.6 Å². The van der Waals surface area contributed by atoms with Gasteiger partial charge in [0.2, 0.25) is 17.7 Å². The number of carbonyl (C=O) groups is 4. The Morgan fingerprint density at radius 2 is 1.80 bits per heavy atom. The second kappa shape index (κ2) is 8.39. The van der Waals surface area contributed by atoms with E-state index in [-0.39, 0.29) is 19.0 Å². The van der Waals surface area contributed by atoms with Crippen LogP contribution < -0.4 is 10.8 Å². The number of amides is 4. The maximum Gasteiger partial charge on any atom is 0.262 e. The van der Waals surface area contributed by atoms with E-state index in [2.05, 4.69) is 5.32 Å². The van der Waals surface area contributed by atoms with Crippen molar-refractivity contribution in [3.8, 4) is 0 Å². The molecular weight excluding hydrogens is 328 g/mol. The van der Waals surface area contributed by atoms with Crippen LogP contribution in [-0.4, -0.2) is 70.9 Å². The van der Waals surface area contributed by atoms with E-state index >= 15 is 0 Å². The van der Waals surface area contributed by atoms with Crippen molar-refractivity contribution in [2.45, 2.75) is 50.5 Å². The van der Waals surface area contributed by atoms with Gasteiger partial charge < -0.3 is 4.90 Å². The number of rotatable bonds is 4. The SMILES string of the molecule is CN(CC(=O)NO)C(=O)CN1C(=O)CNC2(CCCCCCC2)C1=O. The summed E-state index contributed by atoms with van der Waals surface area (Å²) in [5, 5.41) is 11.6. The Morgan fingerprint density at radius 1 is 1.20 bits per heavy atom. The molecule has 0 aromatic rings. The summed E-state index contributed by atoms with van der Waals surface area (Å²) >= 11 is 0. The first-order chi connectivity index (χ1) is 11.9. The highest BCUT2D eigenvalue weighted by Gasteiger charge is 2.46. The smallest absolute Gasteiger partial charge is 0.262 e. The third-order valence-electron chi connectivity index (χ3n) is 4.97. The summed E-state index contributed by atoms with van der Waals surface area (Å²) in [6, 6.07) is 0. The van der Waals surface area contributed by atoms with Gasteiger partial charge in [-0.1, -0.05) is 32.1 Å². The Balaban J connectivity index is 2.07. The van der Waals surface area contributed by atoms with E-state index < -0.39 is 29.8 Å². The zero-order chi connectivity index (χ0) is 18.4. The minimum Gasteiger partial charge on any atom is -0.335 e. The Labute approximate surface area is 146 Å². The summed E-state index contributed by atoms with van der Waals surface area (Å²) in [6.45, 7) is -0.717. The molecule has 1 saturated heterocycles. The van der Waals surface area contributed by atoms with E-state index in [9.17, 15) is 19.2 Å². The van der Waals surface area contributed by atoms with Crippen LogP contribution in [-0.2, 0) is 19.2 Å². The maximum absolute atomic E-state index is 13.0. The average molecular weight is 354 g/mol. The number of piperazine rings is 1. The molecule has 4 amide bonds. The molecule has 0 radical (unpaired) electrons. The molecule has 25 heavy (non-hydrogen) atoms. The molecule has 2 rings (SSSR count). The highest BCUT2D eigenvalue weighted by molar-refractivity contribution is 6.06. The summed E-state index contributed by atoms with van der Waals surface area (Å²) in [6.07, 6.45) is 6.41. The number of carbonyl (C=O) groups excluding carboxylic acids is 4. The molecule has 0 atom stereocenters. The monoisotopic (exact) mass is 354 g/mol. The number of likely N-dealkylation sites (N-methyl/N-ethyl adjacent to an activating group) is 1. The van der Waals surface area contributed by atoms with Crippen molar-refractivity contribution in [1.29, 1.82) is 0 Å². The Bertz CT molecular complexity index is 543. The normalized spacial score (nSPS) is 20.8. The van der Waals surface area contributed by atoms with Crippen LogP contribution in [0, 0.1) is 0 Å². The second-order valence-corrected chi connectivity index (χ2v) is 6.77. The number of hydroxylamine groups is 1. The van der Waals surface area contributed by atoms with E-state index in [0.717, 1.165) is 41.9 Å². The topological polar surface area (TPSA) is 119 Å². The minimum atomic E-state index is -0.768. The van der Waals surface area contributed by atoms with Crippen molar-refractivity contribution >= 4 is 23.6 Å². The van der Waals surface area contributed by atoms with Crippen molar-refractivity contribution in [3.05, 3.63) is 0 Å². The summed E-state index contributed by atoms with van der Waals surface area (Å²) < 4.78 is 0. The quantitative estimate of drug-likeness (QED) is 0.352. The largest absolute Gasteiger partial charge is 0.335 e. The van der Waals surface area contributed by atoms with Gasteiger partial charge in [-0.2, -0.15) is 0 Å². The van der Waals surface area contributed by atoms with Crippen LogP contribution in [0.15, 0.2) is 0 Å². The van der Waals surface area contributed by atoms with Crippen molar-refractivity contribution in [3.63, 3.8) is 0 Å². The van der Waals surface area contributed by atoms with Crippen molar-refractivity contribution < 1.29 is 24.4 Å². The number of imide groups is 1. The zero-order valence-corrected chi connectivity index (χ0v) is 14.5. The van der Waals surface area contributed by atoms with Crippen LogP contribution >= 0.6 is 0 Å². The first kappa shape index (κ1) is 19.3. The predicted molar refractivity (Wildman–Crippen MR) is 87.3 cm³/mol. The first-order valence-corrected chi connectivity index (χ1v) is 8.66. The summed E-state index contributed by atoms with van der Waals surface area (Å²) in [5.41, 5.74) is 0.673. The molecule has 1 saturated carbocycles. The highest BCUT2D eigenvalue weighted by atomic mass is 16.5. The van der Waals surface area contributed by atoms with Gasteiger partial charge in [0.25, 0.3) is 5.91 Å². The lowest BCUT2D eigenvalue weighted by atomic mass is 9.81. The van der Waals surface area contributed by atoms with E-state index in [1.807, 2.05) is 0 Å². The third kappa shape index (κ3) is 4.55. The zero-order valence-electron chi connectivity index (χ0n) is 14.5. The lowest BCUT2D eigenvalue weighted by Crippen LogP contribution is -2.67. The molecule has 1 spiro atoms. The third-order valence-corrected chi connectivity index (χ3v) is 4.97. The molecule has 3 N–H and O–H groups in total. The van der Waals surface area contributed by atoms with Gasteiger partial charge in [-0.05, 0) is 12.8 Å². The fraction of sp³-hybridized carbons (Fsp3) is 0.750. The second-order valence-electron chi connectivity index (χ2n) is 6.77. The maximum atomic E-state index is 13.0. The van der Waals surface area contributed by atoms with Gasteiger partial charge in [-0.15, -0.1) is 0 Å². The minimum absolute atomic E-state index is 0.0276. The van der Waals surface area contributed by atoms with Gasteiger partial charge in [0, 0.05) is 7.05 Å². The summed E-state index contributed by atoms with van der Waals surface area (Å²) in [5.74, 6) is -2.07. The van der Waals surface area contributed by atoms with Gasteiger partial charge in [0.05, 0.1) is 12.1 Å². The predicted octanol–water partition coefficient (Wildman–Crippen LogP) is -0.608. The molecule has 9 nitrogen and oxygen atoms in total. The lowest BCUT2D eigenvalue weighted by Gasteiger charge is -2.42. The number of hydrogen-bond donors (Lipinski definition) is 3.